The summed E-state index contributed by atoms with van der Waals surface area (Å²) >= 11 is 3.37. The number of amides is 2. The predicted octanol–water partition coefficient (Wildman–Crippen LogP) is 2.99. The maximum Gasteiger partial charge on any atom is 0.321 e. The monoisotopic (exact) mass is 544 g/mol. The SMILES string of the molecule is Cc1noc(C)c1NC(=O)N(C)C[C@@H]1Oc2cc(Br)ccc2S(=O)(=O)N([C@@H](C)CO)C[C@H]1C. The number of carbonyl (C=O) groups excluding carboxylic acids is 1. The number of benzene rings is 1. The molecule has 3 atom stereocenters. The van der Waals surface area contributed by atoms with E-state index in [2.05, 4.69) is 26.4 Å². The Morgan fingerprint density at radius 2 is 2.12 bits per heavy atom. The van der Waals surface area contributed by atoms with Crippen molar-refractivity contribution in [3.63, 3.8) is 0 Å². The lowest BCUT2D eigenvalue weighted by atomic mass is 10.0. The van der Waals surface area contributed by atoms with Gasteiger partial charge in [-0.25, -0.2) is 13.2 Å². The summed E-state index contributed by atoms with van der Waals surface area (Å²) < 4.78 is 39.9. The molecule has 12 heteroatoms. The number of aryl methyl sites for hydroxylation is 2. The highest BCUT2D eigenvalue weighted by Gasteiger charge is 2.38. The summed E-state index contributed by atoms with van der Waals surface area (Å²) in [4.78, 5) is 14.3. The van der Waals surface area contributed by atoms with E-state index in [1.165, 1.54) is 15.3 Å². The number of aromatic nitrogens is 1. The van der Waals surface area contributed by atoms with Crippen molar-refractivity contribution >= 4 is 37.7 Å². The number of anilines is 1. The molecule has 10 nitrogen and oxygen atoms in total. The van der Waals surface area contributed by atoms with Gasteiger partial charge in [-0.05, 0) is 39.0 Å². The molecule has 2 aromatic rings. The molecule has 33 heavy (non-hydrogen) atoms. The molecule has 1 aromatic carbocycles. The number of likely N-dealkylation sites (N-methyl/N-ethyl adjacent to an activating group) is 1. The Balaban J connectivity index is 1.90. The predicted molar refractivity (Wildman–Crippen MR) is 126 cm³/mol. The molecule has 0 unspecified atom stereocenters. The standard InChI is InChI=1S/C21H29BrN4O6S/c1-12-9-26(13(2)11-27)33(29,30)19-7-6-16(22)8-17(19)31-18(12)10-25(5)21(28)23-20-14(3)24-32-15(20)4/h6-8,12-13,18,27H,9-11H2,1-5H3,(H,23,28)/t12-,13+,18+/m1/s1. The number of rotatable bonds is 5. The van der Waals surface area contributed by atoms with E-state index in [4.69, 9.17) is 9.26 Å². The lowest BCUT2D eigenvalue weighted by molar-refractivity contribution is 0.0829. The van der Waals surface area contributed by atoms with Crippen LogP contribution in [0.25, 0.3) is 0 Å². The number of sulfonamides is 1. The molecule has 1 aliphatic rings. The van der Waals surface area contributed by atoms with Crippen LogP contribution < -0.4 is 10.1 Å². The molecule has 1 aliphatic heterocycles. The summed E-state index contributed by atoms with van der Waals surface area (Å²) in [5.74, 6) is 0.410. The minimum absolute atomic E-state index is 0.0192. The number of hydrogen-bond acceptors (Lipinski definition) is 7. The van der Waals surface area contributed by atoms with Crippen LogP contribution in [0.2, 0.25) is 0 Å². The van der Waals surface area contributed by atoms with E-state index in [-0.39, 0.29) is 42.3 Å². The van der Waals surface area contributed by atoms with Crippen LogP contribution in [0.1, 0.15) is 25.3 Å². The van der Waals surface area contributed by atoms with E-state index >= 15 is 0 Å². The van der Waals surface area contributed by atoms with Crippen molar-refractivity contribution in [1.82, 2.24) is 14.4 Å². The van der Waals surface area contributed by atoms with Gasteiger partial charge in [0.2, 0.25) is 10.0 Å². The first kappa shape index (κ1) is 25.5. The third-order valence-electron chi connectivity index (χ3n) is 5.69. The van der Waals surface area contributed by atoms with Gasteiger partial charge in [-0.2, -0.15) is 4.31 Å². The summed E-state index contributed by atoms with van der Waals surface area (Å²) in [7, 11) is -2.26. The second-order valence-corrected chi connectivity index (χ2v) is 11.1. The Morgan fingerprint density at radius 3 is 2.73 bits per heavy atom. The van der Waals surface area contributed by atoms with Crippen LogP contribution >= 0.6 is 15.9 Å². The highest BCUT2D eigenvalue weighted by molar-refractivity contribution is 9.10. The van der Waals surface area contributed by atoms with Gasteiger partial charge in [0.1, 0.15) is 28.1 Å². The Morgan fingerprint density at radius 1 is 1.42 bits per heavy atom. The number of urea groups is 1. The van der Waals surface area contributed by atoms with Gasteiger partial charge in [0.25, 0.3) is 0 Å². The van der Waals surface area contributed by atoms with E-state index in [0.717, 1.165) is 0 Å². The highest BCUT2D eigenvalue weighted by Crippen LogP contribution is 2.35. The minimum Gasteiger partial charge on any atom is -0.487 e. The summed E-state index contributed by atoms with van der Waals surface area (Å²) in [5.41, 5.74) is 1.09. The van der Waals surface area contributed by atoms with E-state index in [0.29, 0.717) is 21.6 Å². The molecule has 0 fully saturated rings. The second-order valence-electron chi connectivity index (χ2n) is 8.34. The van der Waals surface area contributed by atoms with Gasteiger partial charge in [0, 0.05) is 30.0 Å². The van der Waals surface area contributed by atoms with Crippen LogP contribution in [0.4, 0.5) is 10.5 Å². The van der Waals surface area contributed by atoms with Crippen LogP contribution in [-0.2, 0) is 10.0 Å². The van der Waals surface area contributed by atoms with Crippen molar-refractivity contribution in [3.05, 3.63) is 34.1 Å². The maximum absolute atomic E-state index is 13.3. The molecule has 2 heterocycles. The normalized spacial score (nSPS) is 21.3. The zero-order chi connectivity index (χ0) is 24.5. The van der Waals surface area contributed by atoms with Gasteiger partial charge in [0.05, 0.1) is 13.2 Å². The first-order valence-corrected chi connectivity index (χ1v) is 12.7. The Bertz CT molecular complexity index is 1100. The summed E-state index contributed by atoms with van der Waals surface area (Å²) in [5, 5.41) is 16.3. The fraction of sp³-hybridized carbons (Fsp3) is 0.524. The average Bonchev–Trinajstić information content (AvgIpc) is 3.07. The first-order valence-electron chi connectivity index (χ1n) is 10.5. The number of aliphatic hydroxyl groups is 1. The van der Waals surface area contributed by atoms with Gasteiger partial charge in [-0.3, -0.25) is 0 Å². The number of ether oxygens (including phenoxy) is 1. The smallest absolute Gasteiger partial charge is 0.321 e. The topological polar surface area (TPSA) is 125 Å². The fourth-order valence-corrected chi connectivity index (χ4v) is 5.80. The quantitative estimate of drug-likeness (QED) is 0.592. The Hall–Kier alpha value is -2.15. The van der Waals surface area contributed by atoms with E-state index in [1.807, 2.05) is 6.92 Å². The van der Waals surface area contributed by atoms with Crippen molar-refractivity contribution in [2.24, 2.45) is 5.92 Å². The molecular weight excluding hydrogens is 516 g/mol. The maximum atomic E-state index is 13.3. The molecule has 0 saturated heterocycles. The summed E-state index contributed by atoms with van der Waals surface area (Å²) in [6.07, 6.45) is -0.512. The molecule has 0 spiro atoms. The second kappa shape index (κ2) is 10.00. The summed E-state index contributed by atoms with van der Waals surface area (Å²) in [6, 6.07) is 3.72. The zero-order valence-electron chi connectivity index (χ0n) is 19.2. The fourth-order valence-electron chi connectivity index (χ4n) is 3.63. The molecule has 0 saturated carbocycles. The number of carbonyl (C=O) groups is 1. The highest BCUT2D eigenvalue weighted by atomic mass is 79.9. The molecule has 2 amide bonds. The van der Waals surface area contributed by atoms with E-state index < -0.39 is 22.2 Å². The third-order valence-corrected chi connectivity index (χ3v) is 8.21. The van der Waals surface area contributed by atoms with Crippen LogP contribution in [0.3, 0.4) is 0 Å². The van der Waals surface area contributed by atoms with Gasteiger partial charge < -0.3 is 24.6 Å². The zero-order valence-corrected chi connectivity index (χ0v) is 21.6. The van der Waals surface area contributed by atoms with Crippen LogP contribution in [0.15, 0.2) is 32.1 Å². The molecule has 3 rings (SSSR count). The van der Waals surface area contributed by atoms with Crippen LogP contribution in [0, 0.1) is 19.8 Å². The lowest BCUT2D eigenvalue weighted by Crippen LogP contribution is -2.50. The first-order chi connectivity index (χ1) is 15.4. The van der Waals surface area contributed by atoms with Crippen molar-refractivity contribution in [3.8, 4) is 5.75 Å². The Kier molecular flexibility index (Phi) is 7.72. The van der Waals surface area contributed by atoms with Crippen LogP contribution in [-0.4, -0.2) is 72.8 Å². The summed E-state index contributed by atoms with van der Waals surface area (Å²) in [6.45, 7) is 6.97. The molecule has 2 N–H and O–H groups in total. The van der Waals surface area contributed by atoms with Gasteiger partial charge in [-0.1, -0.05) is 28.0 Å². The average molecular weight is 545 g/mol. The number of fused-ring (bicyclic) bond motifs is 1. The molecule has 182 valence electrons. The largest absolute Gasteiger partial charge is 0.487 e. The number of halogens is 1. The minimum atomic E-state index is -3.90. The van der Waals surface area contributed by atoms with Crippen LogP contribution in [0.5, 0.6) is 5.75 Å². The third kappa shape index (κ3) is 5.34. The van der Waals surface area contributed by atoms with Crippen molar-refractivity contribution < 1.29 is 27.6 Å². The van der Waals surface area contributed by atoms with E-state index in [9.17, 15) is 18.3 Å². The number of nitrogens with zero attached hydrogens (tertiary/aromatic N) is 3. The van der Waals surface area contributed by atoms with E-state index in [1.54, 1.807) is 40.0 Å². The molecule has 0 bridgehead atoms. The molecule has 1 aromatic heterocycles. The van der Waals surface area contributed by atoms with Gasteiger partial charge in [0.15, 0.2) is 5.76 Å². The number of aliphatic hydroxyl groups excluding tert-OH is 1. The van der Waals surface area contributed by atoms with Crippen molar-refractivity contribution in [1.29, 1.82) is 0 Å². The molecule has 0 aliphatic carbocycles. The number of hydrogen-bond donors (Lipinski definition) is 2. The molecular formula is C21H29BrN4O6S. The van der Waals surface area contributed by atoms with Gasteiger partial charge in [-0.15, -0.1) is 0 Å². The Labute approximate surface area is 202 Å². The molecule has 0 radical (unpaired) electrons. The lowest BCUT2D eigenvalue weighted by Gasteiger charge is -2.37. The van der Waals surface area contributed by atoms with Crippen molar-refractivity contribution in [2.45, 2.75) is 44.7 Å². The number of nitrogens with one attached hydrogen (secondary N) is 1. The van der Waals surface area contributed by atoms with Gasteiger partial charge >= 0.3 is 6.03 Å². The van der Waals surface area contributed by atoms with Crippen molar-refractivity contribution in [2.75, 3.05) is 32.1 Å².